The molecule has 1 unspecified atom stereocenters. The molecule has 0 aliphatic carbocycles. The highest BCUT2D eigenvalue weighted by atomic mass is 16.5. The van der Waals surface area contributed by atoms with Gasteiger partial charge in [-0.25, -0.2) is 0 Å². The van der Waals surface area contributed by atoms with E-state index in [0.717, 1.165) is 18.5 Å². The maximum atomic E-state index is 12.2. The number of hydrogen-bond acceptors (Lipinski definition) is 5. The molecule has 0 saturated heterocycles. The van der Waals surface area contributed by atoms with Crippen molar-refractivity contribution in [1.82, 2.24) is 15.5 Å². The summed E-state index contributed by atoms with van der Waals surface area (Å²) in [6.07, 6.45) is 1.61. The molecule has 2 heterocycles. The molecule has 0 spiro atoms. The number of nitrogens with one attached hydrogen (secondary N) is 2. The molecule has 1 aliphatic rings. The first kappa shape index (κ1) is 12.8. The van der Waals surface area contributed by atoms with E-state index in [-0.39, 0.29) is 11.9 Å². The van der Waals surface area contributed by atoms with Crippen LogP contribution in [0.3, 0.4) is 0 Å². The van der Waals surface area contributed by atoms with Crippen molar-refractivity contribution >= 4 is 11.6 Å². The van der Waals surface area contributed by atoms with Gasteiger partial charge in [0.15, 0.2) is 5.82 Å². The summed E-state index contributed by atoms with van der Waals surface area (Å²) in [4.78, 5) is 16.3. The second-order valence-corrected chi connectivity index (χ2v) is 4.85. The van der Waals surface area contributed by atoms with Crippen LogP contribution in [0.5, 0.6) is 0 Å². The van der Waals surface area contributed by atoms with Gasteiger partial charge in [0.05, 0.1) is 12.6 Å². The Balaban J connectivity index is 1.65. The van der Waals surface area contributed by atoms with Gasteiger partial charge in [0.1, 0.15) is 0 Å². The van der Waals surface area contributed by atoms with Crippen molar-refractivity contribution in [1.29, 1.82) is 0 Å². The smallest absolute Gasteiger partial charge is 0.241 e. The number of carbonyl (C=O) groups excluding carboxylic acids is 1. The van der Waals surface area contributed by atoms with Crippen LogP contribution in [0.1, 0.15) is 23.7 Å². The van der Waals surface area contributed by atoms with E-state index in [1.54, 1.807) is 6.92 Å². The van der Waals surface area contributed by atoms with E-state index in [9.17, 15) is 4.79 Å². The minimum absolute atomic E-state index is 0.0184. The van der Waals surface area contributed by atoms with E-state index >= 15 is 0 Å². The van der Waals surface area contributed by atoms with Gasteiger partial charge in [-0.2, -0.15) is 4.98 Å². The number of rotatable bonds is 3. The quantitative estimate of drug-likeness (QED) is 0.883. The van der Waals surface area contributed by atoms with Crippen LogP contribution >= 0.6 is 0 Å². The predicted octanol–water partition coefficient (Wildman–Crippen LogP) is 1.42. The third-order valence-electron chi connectivity index (χ3n) is 3.37. The van der Waals surface area contributed by atoms with Gasteiger partial charge in [0.25, 0.3) is 0 Å². The molecule has 0 fully saturated rings. The molecule has 6 heteroatoms. The number of anilines is 1. The molecule has 0 saturated carbocycles. The third kappa shape index (κ3) is 2.70. The Bertz CT molecular complexity index is 623. The van der Waals surface area contributed by atoms with Gasteiger partial charge in [-0.1, -0.05) is 23.4 Å². The van der Waals surface area contributed by atoms with Gasteiger partial charge in [-0.05, 0) is 24.5 Å². The lowest BCUT2D eigenvalue weighted by Gasteiger charge is -2.13. The first-order chi connectivity index (χ1) is 9.72. The summed E-state index contributed by atoms with van der Waals surface area (Å²) in [5.41, 5.74) is 2.07. The second kappa shape index (κ2) is 5.42. The van der Waals surface area contributed by atoms with Gasteiger partial charge in [-0.15, -0.1) is 0 Å². The molecule has 104 valence electrons. The average molecular weight is 272 g/mol. The summed E-state index contributed by atoms with van der Waals surface area (Å²) >= 11 is 0. The van der Waals surface area contributed by atoms with Crippen LogP contribution in [-0.4, -0.2) is 22.1 Å². The van der Waals surface area contributed by atoms with E-state index in [1.165, 1.54) is 5.56 Å². The normalized spacial score (nSPS) is 18.2. The molecule has 1 atom stereocenters. The number of hydrogen-bond donors (Lipinski definition) is 2. The largest absolute Gasteiger partial charge is 0.340 e. The number of benzene rings is 1. The lowest BCUT2D eigenvalue weighted by molar-refractivity contribution is -0.118. The van der Waals surface area contributed by atoms with Gasteiger partial charge in [-0.3, -0.25) is 10.1 Å². The van der Waals surface area contributed by atoms with Crippen LogP contribution < -0.4 is 10.6 Å². The fourth-order valence-corrected chi connectivity index (χ4v) is 2.33. The zero-order valence-electron chi connectivity index (χ0n) is 11.2. The SMILES string of the molecule is Cc1nc(CNC2CCc3ccccc3NC2=O)no1. The number of amides is 1. The van der Waals surface area contributed by atoms with Crippen molar-refractivity contribution in [3.63, 3.8) is 0 Å². The van der Waals surface area contributed by atoms with Gasteiger partial charge < -0.3 is 9.84 Å². The Hall–Kier alpha value is -2.21. The highest BCUT2D eigenvalue weighted by Crippen LogP contribution is 2.21. The first-order valence-corrected chi connectivity index (χ1v) is 6.64. The second-order valence-electron chi connectivity index (χ2n) is 4.85. The first-order valence-electron chi connectivity index (χ1n) is 6.64. The predicted molar refractivity (Wildman–Crippen MR) is 73.1 cm³/mol. The maximum absolute atomic E-state index is 12.2. The molecule has 3 rings (SSSR count). The van der Waals surface area contributed by atoms with E-state index in [1.807, 2.05) is 24.3 Å². The van der Waals surface area contributed by atoms with Crippen molar-refractivity contribution in [2.24, 2.45) is 0 Å². The highest BCUT2D eigenvalue weighted by molar-refractivity contribution is 5.96. The molecular weight excluding hydrogens is 256 g/mol. The van der Waals surface area contributed by atoms with Crippen molar-refractivity contribution in [2.75, 3.05) is 5.32 Å². The van der Waals surface area contributed by atoms with E-state index in [0.29, 0.717) is 18.3 Å². The molecule has 0 radical (unpaired) electrons. The van der Waals surface area contributed by atoms with Crippen LogP contribution in [0.4, 0.5) is 5.69 Å². The van der Waals surface area contributed by atoms with Crippen LogP contribution in [0, 0.1) is 6.92 Å². The topological polar surface area (TPSA) is 80.0 Å². The van der Waals surface area contributed by atoms with Crippen molar-refractivity contribution < 1.29 is 9.32 Å². The molecule has 1 amide bonds. The standard InChI is InChI=1S/C14H16N4O2/c1-9-16-13(18-20-9)8-15-12-7-6-10-4-2-3-5-11(10)17-14(12)19/h2-5,12,15H,6-8H2,1H3,(H,17,19). The average Bonchev–Trinajstić information content (AvgIpc) is 2.78. The number of nitrogens with zero attached hydrogens (tertiary/aromatic N) is 2. The van der Waals surface area contributed by atoms with Crippen LogP contribution in [0.15, 0.2) is 28.8 Å². The number of para-hydroxylation sites is 1. The molecule has 1 aromatic heterocycles. The monoisotopic (exact) mass is 272 g/mol. The van der Waals surface area contributed by atoms with Crippen molar-refractivity contribution in [3.05, 3.63) is 41.5 Å². The fraction of sp³-hybridized carbons (Fsp3) is 0.357. The maximum Gasteiger partial charge on any atom is 0.241 e. The molecule has 1 aromatic carbocycles. The molecule has 20 heavy (non-hydrogen) atoms. The van der Waals surface area contributed by atoms with Crippen LogP contribution in [-0.2, 0) is 17.8 Å². The molecule has 0 bridgehead atoms. The zero-order chi connectivity index (χ0) is 13.9. The van der Waals surface area contributed by atoms with Gasteiger partial charge in [0, 0.05) is 12.6 Å². The summed E-state index contributed by atoms with van der Waals surface area (Å²) in [5, 5.41) is 9.93. The van der Waals surface area contributed by atoms with Crippen LogP contribution in [0.2, 0.25) is 0 Å². The Kier molecular flexibility index (Phi) is 3.47. The van der Waals surface area contributed by atoms with Gasteiger partial charge >= 0.3 is 0 Å². The van der Waals surface area contributed by atoms with Crippen molar-refractivity contribution in [3.8, 4) is 0 Å². The molecular formula is C14H16N4O2. The highest BCUT2D eigenvalue weighted by Gasteiger charge is 2.23. The Morgan fingerprint density at radius 3 is 3.10 bits per heavy atom. The fourth-order valence-electron chi connectivity index (χ4n) is 2.33. The number of carbonyl (C=O) groups is 1. The van der Waals surface area contributed by atoms with Crippen molar-refractivity contribution in [2.45, 2.75) is 32.4 Å². The molecule has 1 aliphatic heterocycles. The molecule has 2 N–H and O–H groups in total. The summed E-state index contributed by atoms with van der Waals surface area (Å²) in [7, 11) is 0. The van der Waals surface area contributed by atoms with Crippen LogP contribution in [0.25, 0.3) is 0 Å². The number of aromatic nitrogens is 2. The summed E-state index contributed by atoms with van der Waals surface area (Å²) in [6, 6.07) is 7.63. The minimum atomic E-state index is -0.249. The lowest BCUT2D eigenvalue weighted by Crippen LogP contribution is -2.39. The number of fused-ring (bicyclic) bond motifs is 1. The molecule has 6 nitrogen and oxygen atoms in total. The van der Waals surface area contributed by atoms with E-state index in [4.69, 9.17) is 4.52 Å². The summed E-state index contributed by atoms with van der Waals surface area (Å²) in [5.74, 6) is 1.08. The zero-order valence-corrected chi connectivity index (χ0v) is 11.2. The third-order valence-corrected chi connectivity index (χ3v) is 3.37. The van der Waals surface area contributed by atoms with E-state index < -0.39 is 0 Å². The summed E-state index contributed by atoms with van der Waals surface area (Å²) < 4.78 is 4.90. The Labute approximate surface area is 116 Å². The minimum Gasteiger partial charge on any atom is -0.340 e. The van der Waals surface area contributed by atoms with Gasteiger partial charge in [0.2, 0.25) is 11.8 Å². The number of aryl methyl sites for hydroxylation is 2. The summed E-state index contributed by atoms with van der Waals surface area (Å²) in [6.45, 7) is 2.16. The lowest BCUT2D eigenvalue weighted by atomic mass is 10.1. The Morgan fingerprint density at radius 2 is 2.30 bits per heavy atom. The van der Waals surface area contributed by atoms with E-state index in [2.05, 4.69) is 20.8 Å². The Morgan fingerprint density at radius 1 is 1.45 bits per heavy atom. The molecule has 2 aromatic rings.